The molecule has 17 rings (SSSR count). The number of rotatable bonds is 6. The van der Waals surface area contributed by atoms with Crippen molar-refractivity contribution in [3.05, 3.63) is 279 Å². The number of nitrogens with zero attached hydrogens (tertiary/aromatic N) is 2. The summed E-state index contributed by atoms with van der Waals surface area (Å²) in [4.78, 5) is 0. The Bertz CT molecular complexity index is 5250. The molecular weight excluding hydrogens is 957 g/mol. The number of para-hydroxylation sites is 6. The van der Waals surface area contributed by atoms with Gasteiger partial charge >= 0.3 is 0 Å². The van der Waals surface area contributed by atoms with Crippen LogP contribution in [0, 0.1) is 0 Å². The second-order valence-corrected chi connectivity index (χ2v) is 21.0. The maximum atomic E-state index is 7.07. The SMILES string of the molecule is c1ccc(-n2c3ccccc3c3cccc(-c4c5ccccc5c(-c5ccc6c(c5)oc5cccc(-c7c8ccccc8c(-c8cccc9c%10ccccc%10n(-c%10ccccc%10)c89)c8ccccc78)c56)c5ccccc45)c32)cc1. The smallest absolute Gasteiger partial charge is 0.136 e. The highest BCUT2D eigenvalue weighted by atomic mass is 16.3. The molecule has 0 fully saturated rings. The van der Waals surface area contributed by atoms with Crippen LogP contribution in [0.15, 0.2) is 283 Å². The third-order valence-corrected chi connectivity index (χ3v) is 16.9. The molecule has 0 aliphatic carbocycles. The van der Waals surface area contributed by atoms with Crippen molar-refractivity contribution in [3.63, 3.8) is 0 Å². The van der Waals surface area contributed by atoms with Crippen LogP contribution in [0.4, 0.5) is 0 Å². The summed E-state index contributed by atoms with van der Waals surface area (Å²) in [6.07, 6.45) is 0. The number of fused-ring (bicyclic) bond motifs is 13. The van der Waals surface area contributed by atoms with E-state index in [0.717, 1.165) is 44.4 Å². The van der Waals surface area contributed by atoms with Gasteiger partial charge in [0.25, 0.3) is 0 Å². The number of benzene rings is 14. The summed E-state index contributed by atoms with van der Waals surface area (Å²) in [5, 5.41) is 16.8. The first kappa shape index (κ1) is 43.7. The van der Waals surface area contributed by atoms with Gasteiger partial charge in [-0.15, -0.1) is 0 Å². The van der Waals surface area contributed by atoms with E-state index in [1.807, 2.05) is 0 Å². The molecule has 3 heterocycles. The number of furan rings is 1. The molecule has 0 radical (unpaired) electrons. The zero-order valence-corrected chi connectivity index (χ0v) is 42.9. The summed E-state index contributed by atoms with van der Waals surface area (Å²) in [6, 6.07) is 102. The molecule has 17 aromatic rings. The molecule has 0 spiro atoms. The monoisotopic (exact) mass is 1000 g/mol. The van der Waals surface area contributed by atoms with E-state index < -0.39 is 0 Å². The Balaban J connectivity index is 0.884. The van der Waals surface area contributed by atoms with Gasteiger partial charge in [-0.2, -0.15) is 0 Å². The molecule has 3 heteroatoms. The predicted octanol–water partition coefficient (Wildman–Crippen LogP) is 21.1. The quantitative estimate of drug-likeness (QED) is 0.152. The third kappa shape index (κ3) is 6.30. The Morgan fingerprint density at radius 1 is 0.228 bits per heavy atom. The number of hydrogen-bond donors (Lipinski definition) is 0. The Hall–Kier alpha value is -10.5. The van der Waals surface area contributed by atoms with Crippen molar-refractivity contribution in [2.24, 2.45) is 0 Å². The molecular formula is C76H46N2O. The van der Waals surface area contributed by atoms with Crippen molar-refractivity contribution in [3.8, 4) is 55.9 Å². The number of aromatic nitrogens is 2. The molecule has 79 heavy (non-hydrogen) atoms. The van der Waals surface area contributed by atoms with Crippen molar-refractivity contribution in [1.82, 2.24) is 9.13 Å². The van der Waals surface area contributed by atoms with E-state index in [1.54, 1.807) is 0 Å². The van der Waals surface area contributed by atoms with E-state index in [4.69, 9.17) is 4.42 Å². The second-order valence-electron chi connectivity index (χ2n) is 21.0. The maximum Gasteiger partial charge on any atom is 0.136 e. The summed E-state index contributed by atoms with van der Waals surface area (Å²) in [5.74, 6) is 0. The van der Waals surface area contributed by atoms with Crippen molar-refractivity contribution in [2.45, 2.75) is 0 Å². The Labute approximate surface area is 454 Å². The van der Waals surface area contributed by atoms with E-state index in [0.29, 0.717) is 0 Å². The van der Waals surface area contributed by atoms with Gasteiger partial charge in [-0.1, -0.05) is 224 Å². The normalized spacial score (nSPS) is 12.1. The summed E-state index contributed by atoms with van der Waals surface area (Å²) >= 11 is 0. The Kier molecular flexibility index (Phi) is 9.42. The minimum atomic E-state index is 0.861. The molecule has 0 saturated heterocycles. The minimum absolute atomic E-state index is 0.861. The van der Waals surface area contributed by atoms with E-state index in [9.17, 15) is 0 Å². The van der Waals surface area contributed by atoms with E-state index in [1.165, 1.54) is 120 Å². The maximum absolute atomic E-state index is 7.07. The third-order valence-electron chi connectivity index (χ3n) is 16.9. The van der Waals surface area contributed by atoms with Crippen LogP contribution < -0.4 is 0 Å². The summed E-state index contributed by atoms with van der Waals surface area (Å²) in [5.41, 5.74) is 18.4. The van der Waals surface area contributed by atoms with Gasteiger partial charge in [0, 0.05) is 54.8 Å². The zero-order chi connectivity index (χ0) is 51.7. The summed E-state index contributed by atoms with van der Waals surface area (Å²) < 4.78 is 12.0. The lowest BCUT2D eigenvalue weighted by atomic mass is 9.84. The van der Waals surface area contributed by atoms with Crippen molar-refractivity contribution < 1.29 is 4.42 Å². The Morgan fingerprint density at radius 3 is 1.04 bits per heavy atom. The molecule has 0 saturated carbocycles. The molecule has 366 valence electrons. The van der Waals surface area contributed by atoms with Gasteiger partial charge in [0.15, 0.2) is 0 Å². The molecule has 0 atom stereocenters. The molecule has 0 amide bonds. The summed E-state index contributed by atoms with van der Waals surface area (Å²) in [7, 11) is 0. The fourth-order valence-electron chi connectivity index (χ4n) is 13.8. The van der Waals surface area contributed by atoms with Crippen LogP contribution in [-0.2, 0) is 0 Å². The molecule has 0 aliphatic rings. The van der Waals surface area contributed by atoms with Crippen LogP contribution in [0.25, 0.3) is 165 Å². The summed E-state index contributed by atoms with van der Waals surface area (Å²) in [6.45, 7) is 0. The molecule has 14 aromatic carbocycles. The second kappa shape index (κ2) is 17.0. The molecule has 0 unspecified atom stereocenters. The van der Waals surface area contributed by atoms with Gasteiger partial charge in [-0.3, -0.25) is 0 Å². The lowest BCUT2D eigenvalue weighted by Gasteiger charge is -2.20. The lowest BCUT2D eigenvalue weighted by Crippen LogP contribution is -1.97. The molecule has 0 N–H and O–H groups in total. The van der Waals surface area contributed by atoms with Gasteiger partial charge in [-0.05, 0) is 131 Å². The van der Waals surface area contributed by atoms with Crippen LogP contribution in [-0.4, -0.2) is 9.13 Å². The fourth-order valence-corrected chi connectivity index (χ4v) is 13.8. The van der Waals surface area contributed by atoms with Gasteiger partial charge in [0.1, 0.15) is 11.2 Å². The van der Waals surface area contributed by atoms with Gasteiger partial charge < -0.3 is 13.6 Å². The average molecular weight is 1000 g/mol. The standard InChI is InChI=1S/C76H46N2O/c1-3-22-48(23-4-1)77-66-41-17-15-26-50(66)60-36-19-39-64(75(60)77)72-54-30-9-7-28-52(54)70(53-29-8-10-31-55(53)72)47-44-45-62-69(46-47)79-68-43-21-38-63(74(62)68)71-56-32-11-13-34-58(56)73(59-35-14-12-33-57(59)71)65-40-20-37-61-51-27-16-18-42-67(51)78(76(61)65)49-24-5-2-6-25-49/h1-46H. The first-order chi connectivity index (χ1) is 39.3. The molecule has 0 bridgehead atoms. The van der Waals surface area contributed by atoms with Crippen LogP contribution in [0.2, 0.25) is 0 Å². The molecule has 0 aliphatic heterocycles. The minimum Gasteiger partial charge on any atom is -0.456 e. The van der Waals surface area contributed by atoms with E-state index in [2.05, 4.69) is 288 Å². The first-order valence-corrected chi connectivity index (χ1v) is 27.3. The van der Waals surface area contributed by atoms with Crippen LogP contribution in [0.3, 0.4) is 0 Å². The van der Waals surface area contributed by atoms with E-state index >= 15 is 0 Å². The van der Waals surface area contributed by atoms with Crippen LogP contribution in [0.1, 0.15) is 0 Å². The largest absolute Gasteiger partial charge is 0.456 e. The highest BCUT2D eigenvalue weighted by Crippen LogP contribution is 2.51. The van der Waals surface area contributed by atoms with Crippen molar-refractivity contribution >= 4 is 109 Å². The molecule has 3 nitrogen and oxygen atoms in total. The van der Waals surface area contributed by atoms with E-state index in [-0.39, 0.29) is 0 Å². The highest BCUT2D eigenvalue weighted by molar-refractivity contribution is 6.29. The number of hydrogen-bond acceptors (Lipinski definition) is 1. The highest BCUT2D eigenvalue weighted by Gasteiger charge is 2.26. The zero-order valence-electron chi connectivity index (χ0n) is 42.9. The van der Waals surface area contributed by atoms with Crippen molar-refractivity contribution in [1.29, 1.82) is 0 Å². The fraction of sp³-hybridized carbons (Fsp3) is 0. The first-order valence-electron chi connectivity index (χ1n) is 27.3. The Morgan fingerprint density at radius 2 is 0.582 bits per heavy atom. The predicted molar refractivity (Wildman–Crippen MR) is 334 cm³/mol. The van der Waals surface area contributed by atoms with Crippen LogP contribution in [0.5, 0.6) is 0 Å². The van der Waals surface area contributed by atoms with Gasteiger partial charge in [0.05, 0.1) is 22.1 Å². The lowest BCUT2D eigenvalue weighted by molar-refractivity contribution is 0.669. The topological polar surface area (TPSA) is 23.0 Å². The van der Waals surface area contributed by atoms with Gasteiger partial charge in [-0.25, -0.2) is 0 Å². The van der Waals surface area contributed by atoms with Gasteiger partial charge in [0.2, 0.25) is 0 Å². The molecule has 3 aromatic heterocycles. The van der Waals surface area contributed by atoms with Crippen molar-refractivity contribution in [2.75, 3.05) is 0 Å². The average Bonchev–Trinajstić information content (AvgIpc) is 4.39. The van der Waals surface area contributed by atoms with Crippen LogP contribution >= 0.6 is 0 Å².